The molecule has 0 bridgehead atoms. The Balaban J connectivity index is 2.91. The molecule has 0 heterocycles. The number of nitrogens with two attached hydrogens (primary N) is 1. The van der Waals surface area contributed by atoms with Crippen molar-refractivity contribution in [2.24, 2.45) is 11.7 Å². The molecule has 3 N–H and O–H groups in total. The number of hydrogen-bond acceptors (Lipinski definition) is 3. The van der Waals surface area contributed by atoms with Crippen molar-refractivity contribution in [3.8, 4) is 5.75 Å². The van der Waals surface area contributed by atoms with Crippen molar-refractivity contribution in [1.29, 1.82) is 0 Å². The molecule has 0 spiro atoms. The molecule has 0 radical (unpaired) electrons. The van der Waals surface area contributed by atoms with Crippen LogP contribution in [-0.4, -0.2) is 18.0 Å². The average molecular weight is 280 g/mol. The average Bonchev–Trinajstić information content (AvgIpc) is 2.35. The highest BCUT2D eigenvalue weighted by atomic mass is 32.1. The molecule has 0 aliphatic heterocycles. The number of hydrogen-bond donors (Lipinski definition) is 2. The van der Waals surface area contributed by atoms with Gasteiger partial charge in [0.2, 0.25) is 5.91 Å². The van der Waals surface area contributed by atoms with Gasteiger partial charge in [-0.3, -0.25) is 4.79 Å². The topological polar surface area (TPSA) is 64.3 Å². The van der Waals surface area contributed by atoms with Gasteiger partial charge in [0, 0.05) is 0 Å². The first-order valence-corrected chi connectivity index (χ1v) is 6.65. The zero-order valence-corrected chi connectivity index (χ0v) is 12.3. The van der Waals surface area contributed by atoms with Crippen LogP contribution in [0.1, 0.15) is 25.3 Å². The van der Waals surface area contributed by atoms with E-state index < -0.39 is 5.92 Å². The number of rotatable bonds is 6. The molecule has 0 fully saturated rings. The molecule has 0 saturated carbocycles. The number of carbonyl (C=O) groups is 1. The second-order valence-electron chi connectivity index (χ2n) is 4.44. The van der Waals surface area contributed by atoms with Crippen LogP contribution in [0.15, 0.2) is 18.2 Å². The second kappa shape index (κ2) is 7.09. The monoisotopic (exact) mass is 280 g/mol. The number of amides is 1. The standard InChI is InChI=1S/C14H20N2O2S/c1-4-5-10(13(15)19)14(17)16-11-8-9(2)6-7-12(11)18-3/h6-8,10H,4-5H2,1-3H3,(H2,15,19)(H,16,17). The lowest BCUT2D eigenvalue weighted by Gasteiger charge is -2.16. The van der Waals surface area contributed by atoms with Gasteiger partial charge in [-0.2, -0.15) is 0 Å². The highest BCUT2D eigenvalue weighted by Gasteiger charge is 2.21. The van der Waals surface area contributed by atoms with E-state index in [4.69, 9.17) is 22.7 Å². The van der Waals surface area contributed by atoms with Crippen molar-refractivity contribution in [3.05, 3.63) is 23.8 Å². The number of nitrogens with one attached hydrogen (secondary N) is 1. The van der Waals surface area contributed by atoms with E-state index in [1.54, 1.807) is 7.11 Å². The highest BCUT2D eigenvalue weighted by Crippen LogP contribution is 2.26. The van der Waals surface area contributed by atoms with Crippen LogP contribution < -0.4 is 15.8 Å². The molecule has 1 rings (SSSR count). The summed E-state index contributed by atoms with van der Waals surface area (Å²) in [6.45, 7) is 3.94. The van der Waals surface area contributed by atoms with Gasteiger partial charge in [0.05, 0.1) is 23.7 Å². The van der Waals surface area contributed by atoms with Gasteiger partial charge in [0.1, 0.15) is 5.75 Å². The Kier molecular flexibility index (Phi) is 5.76. The zero-order chi connectivity index (χ0) is 14.4. The predicted octanol–water partition coefficient (Wildman–Crippen LogP) is 2.64. The number of anilines is 1. The highest BCUT2D eigenvalue weighted by molar-refractivity contribution is 7.80. The second-order valence-corrected chi connectivity index (χ2v) is 4.91. The molecular formula is C14H20N2O2S. The van der Waals surface area contributed by atoms with Gasteiger partial charge in [-0.1, -0.05) is 31.6 Å². The number of carbonyl (C=O) groups excluding carboxylic acids is 1. The summed E-state index contributed by atoms with van der Waals surface area (Å²) in [6.07, 6.45) is 1.50. The first-order valence-electron chi connectivity index (χ1n) is 6.24. The van der Waals surface area contributed by atoms with E-state index in [2.05, 4.69) is 5.32 Å². The summed E-state index contributed by atoms with van der Waals surface area (Å²) >= 11 is 4.95. The minimum atomic E-state index is -0.440. The molecule has 4 nitrogen and oxygen atoms in total. The maximum atomic E-state index is 12.2. The lowest BCUT2D eigenvalue weighted by Crippen LogP contribution is -2.33. The van der Waals surface area contributed by atoms with E-state index in [9.17, 15) is 4.79 Å². The smallest absolute Gasteiger partial charge is 0.234 e. The number of methoxy groups -OCH3 is 1. The molecular weight excluding hydrogens is 260 g/mol. The van der Waals surface area contributed by atoms with Gasteiger partial charge in [-0.25, -0.2) is 0 Å². The van der Waals surface area contributed by atoms with Crippen molar-refractivity contribution < 1.29 is 9.53 Å². The minimum Gasteiger partial charge on any atom is -0.495 e. The Morgan fingerprint density at radius 1 is 1.53 bits per heavy atom. The molecule has 1 aromatic carbocycles. The van der Waals surface area contributed by atoms with Crippen molar-refractivity contribution in [2.75, 3.05) is 12.4 Å². The van der Waals surface area contributed by atoms with Crippen molar-refractivity contribution >= 4 is 28.8 Å². The summed E-state index contributed by atoms with van der Waals surface area (Å²) in [5.41, 5.74) is 7.30. The quantitative estimate of drug-likeness (QED) is 0.786. The Morgan fingerprint density at radius 2 is 2.21 bits per heavy atom. The normalized spacial score (nSPS) is 11.7. The van der Waals surface area contributed by atoms with Crippen LogP contribution in [-0.2, 0) is 4.79 Å². The Labute approximate surface area is 119 Å². The fourth-order valence-corrected chi connectivity index (χ4v) is 2.06. The van der Waals surface area contributed by atoms with Crippen LogP contribution in [0.5, 0.6) is 5.75 Å². The summed E-state index contributed by atoms with van der Waals surface area (Å²) in [6, 6.07) is 5.60. The third-order valence-electron chi connectivity index (χ3n) is 2.85. The molecule has 0 saturated heterocycles. The predicted molar refractivity (Wildman–Crippen MR) is 81.5 cm³/mol. The van der Waals surface area contributed by atoms with Gasteiger partial charge in [0.15, 0.2) is 0 Å². The van der Waals surface area contributed by atoms with Crippen LogP contribution in [0.2, 0.25) is 0 Å². The fourth-order valence-electron chi connectivity index (χ4n) is 1.83. The van der Waals surface area contributed by atoms with E-state index in [0.29, 0.717) is 17.9 Å². The molecule has 19 heavy (non-hydrogen) atoms. The van der Waals surface area contributed by atoms with Crippen molar-refractivity contribution in [2.45, 2.75) is 26.7 Å². The molecule has 5 heteroatoms. The summed E-state index contributed by atoms with van der Waals surface area (Å²) in [7, 11) is 1.57. The SMILES string of the molecule is CCCC(C(=O)Nc1cc(C)ccc1OC)C(N)=S. The Morgan fingerprint density at radius 3 is 2.74 bits per heavy atom. The van der Waals surface area contributed by atoms with Gasteiger partial charge < -0.3 is 15.8 Å². The number of benzene rings is 1. The number of thiocarbonyl (C=S) groups is 1. The molecule has 1 unspecified atom stereocenters. The minimum absolute atomic E-state index is 0.182. The maximum Gasteiger partial charge on any atom is 0.234 e. The largest absolute Gasteiger partial charge is 0.495 e. The van der Waals surface area contributed by atoms with Crippen LogP contribution >= 0.6 is 12.2 Å². The van der Waals surface area contributed by atoms with E-state index in [1.807, 2.05) is 32.0 Å². The van der Waals surface area contributed by atoms with Gasteiger partial charge in [-0.15, -0.1) is 0 Å². The van der Waals surface area contributed by atoms with E-state index in [-0.39, 0.29) is 10.9 Å². The van der Waals surface area contributed by atoms with Crippen molar-refractivity contribution in [1.82, 2.24) is 0 Å². The maximum absolute atomic E-state index is 12.2. The van der Waals surface area contributed by atoms with Crippen LogP contribution in [0.25, 0.3) is 0 Å². The summed E-state index contributed by atoms with van der Waals surface area (Å²) in [4.78, 5) is 12.4. The Bertz CT molecular complexity index is 475. The van der Waals surface area contributed by atoms with Crippen LogP contribution in [0.3, 0.4) is 0 Å². The van der Waals surface area contributed by atoms with Gasteiger partial charge in [0.25, 0.3) is 0 Å². The molecule has 0 aliphatic rings. The molecule has 1 amide bonds. The first-order chi connectivity index (χ1) is 8.99. The van der Waals surface area contributed by atoms with E-state index in [1.165, 1.54) is 0 Å². The van der Waals surface area contributed by atoms with Gasteiger partial charge >= 0.3 is 0 Å². The van der Waals surface area contributed by atoms with Gasteiger partial charge in [-0.05, 0) is 31.0 Å². The fraction of sp³-hybridized carbons (Fsp3) is 0.429. The Hall–Kier alpha value is -1.62. The third-order valence-corrected chi connectivity index (χ3v) is 3.13. The molecule has 0 aliphatic carbocycles. The summed E-state index contributed by atoms with van der Waals surface area (Å²) in [5, 5.41) is 2.84. The molecule has 1 aromatic rings. The molecule has 104 valence electrons. The lowest BCUT2D eigenvalue weighted by atomic mass is 10.0. The summed E-state index contributed by atoms with van der Waals surface area (Å²) in [5.74, 6) is 0.000562. The van der Waals surface area contributed by atoms with E-state index >= 15 is 0 Å². The third kappa shape index (κ3) is 4.21. The first kappa shape index (κ1) is 15.4. The van der Waals surface area contributed by atoms with E-state index in [0.717, 1.165) is 12.0 Å². The zero-order valence-electron chi connectivity index (χ0n) is 11.5. The van der Waals surface area contributed by atoms with Crippen LogP contribution in [0.4, 0.5) is 5.69 Å². The lowest BCUT2D eigenvalue weighted by molar-refractivity contribution is -0.118. The molecule has 1 atom stereocenters. The molecule has 0 aromatic heterocycles. The summed E-state index contributed by atoms with van der Waals surface area (Å²) < 4.78 is 5.22. The number of ether oxygens (including phenoxy) is 1. The van der Waals surface area contributed by atoms with Crippen LogP contribution in [0, 0.1) is 12.8 Å². The number of aryl methyl sites for hydroxylation is 1. The van der Waals surface area contributed by atoms with Crippen molar-refractivity contribution in [3.63, 3.8) is 0 Å².